The van der Waals surface area contributed by atoms with Crippen molar-refractivity contribution in [2.75, 3.05) is 11.8 Å². The Bertz CT molecular complexity index is 1490. The van der Waals surface area contributed by atoms with E-state index in [0.717, 1.165) is 5.52 Å². The molecule has 2 N–H and O–H groups in total. The third-order valence-corrected chi connectivity index (χ3v) is 6.59. The Balaban J connectivity index is 1.59. The zero-order valence-corrected chi connectivity index (χ0v) is 19.3. The highest BCUT2D eigenvalue weighted by molar-refractivity contribution is 7.92. The van der Waals surface area contributed by atoms with Crippen molar-refractivity contribution in [2.45, 2.75) is 18.4 Å². The monoisotopic (exact) mass is 478 g/mol. The van der Waals surface area contributed by atoms with Gasteiger partial charge in [0.2, 0.25) is 5.88 Å². The van der Waals surface area contributed by atoms with Gasteiger partial charge < -0.3 is 14.4 Å². The first kappa shape index (κ1) is 23.0. The largest absolute Gasteiger partial charge is 0.497 e. The van der Waals surface area contributed by atoms with Crippen molar-refractivity contribution in [3.8, 4) is 11.6 Å². The number of azo groups is 1. The first-order chi connectivity index (χ1) is 16.3. The molecule has 0 radical (unpaired) electrons. The lowest BCUT2D eigenvalue weighted by Crippen LogP contribution is -2.13. The van der Waals surface area contributed by atoms with Gasteiger partial charge in [-0.15, -0.1) is 10.2 Å². The molecule has 0 aliphatic heterocycles. The number of aromatic hydroxyl groups is 1. The summed E-state index contributed by atoms with van der Waals surface area (Å²) in [5.41, 5.74) is 1.33. The molecular weight excluding hydrogens is 456 g/mol. The molecule has 10 heteroatoms. The standard InChI is InChI=1S/C24H22N4O5S/c1-3-28-21-10-5-4-9-20(21)22(24(28)30)25-26-23(29)16-7-6-8-19(15-16)34(31,32)27-17-11-13-18(33-2)14-12-17/h4-15,27,30H,3H2,1-2H3. The van der Waals surface area contributed by atoms with Gasteiger partial charge in [0, 0.05) is 23.2 Å². The van der Waals surface area contributed by atoms with Crippen molar-refractivity contribution in [3.05, 3.63) is 78.4 Å². The number of para-hydroxylation sites is 1. The SMILES string of the molecule is CCn1c(O)c(N=NC(=O)c2cccc(S(=O)(=O)Nc3ccc(OC)cc3)c2)c2ccccc21. The van der Waals surface area contributed by atoms with Crippen LogP contribution in [0.25, 0.3) is 10.9 Å². The lowest BCUT2D eigenvalue weighted by Gasteiger charge is -2.09. The molecule has 4 aromatic rings. The van der Waals surface area contributed by atoms with Crippen molar-refractivity contribution in [3.63, 3.8) is 0 Å². The summed E-state index contributed by atoms with van der Waals surface area (Å²) in [6.45, 7) is 2.39. The molecule has 0 spiro atoms. The average Bonchev–Trinajstić information content (AvgIpc) is 3.13. The van der Waals surface area contributed by atoms with Gasteiger partial charge in [-0.1, -0.05) is 24.3 Å². The summed E-state index contributed by atoms with van der Waals surface area (Å²) in [7, 11) is -2.43. The highest BCUT2D eigenvalue weighted by Gasteiger charge is 2.18. The number of aromatic nitrogens is 1. The van der Waals surface area contributed by atoms with E-state index in [1.807, 2.05) is 19.1 Å². The first-order valence-electron chi connectivity index (χ1n) is 10.4. The molecule has 0 atom stereocenters. The normalized spacial score (nSPS) is 11.7. The maximum Gasteiger partial charge on any atom is 0.295 e. The molecule has 0 bridgehead atoms. The minimum Gasteiger partial charge on any atom is -0.497 e. The fraction of sp³-hybridized carbons (Fsp3) is 0.125. The van der Waals surface area contributed by atoms with E-state index in [-0.39, 0.29) is 22.0 Å². The van der Waals surface area contributed by atoms with Crippen molar-refractivity contribution in [1.29, 1.82) is 0 Å². The number of rotatable bonds is 7. The predicted octanol–water partition coefficient (Wildman–Crippen LogP) is 5.10. The number of hydrogen-bond donors (Lipinski definition) is 2. The Hall–Kier alpha value is -4.18. The maximum atomic E-state index is 12.8. The molecule has 3 aromatic carbocycles. The number of aryl methyl sites for hydroxylation is 1. The third-order valence-electron chi connectivity index (χ3n) is 5.21. The van der Waals surface area contributed by atoms with E-state index >= 15 is 0 Å². The molecule has 34 heavy (non-hydrogen) atoms. The van der Waals surface area contributed by atoms with Crippen molar-refractivity contribution in [2.24, 2.45) is 10.2 Å². The predicted molar refractivity (Wildman–Crippen MR) is 128 cm³/mol. The number of carbonyl (C=O) groups excluding carboxylic acids is 1. The Morgan fingerprint density at radius 3 is 2.50 bits per heavy atom. The zero-order valence-electron chi connectivity index (χ0n) is 18.5. The van der Waals surface area contributed by atoms with Gasteiger partial charge in [-0.3, -0.25) is 9.52 Å². The number of sulfonamides is 1. The Morgan fingerprint density at radius 1 is 1.06 bits per heavy atom. The summed E-state index contributed by atoms with van der Waals surface area (Å²) in [4.78, 5) is 12.6. The van der Waals surface area contributed by atoms with E-state index in [0.29, 0.717) is 23.4 Å². The number of hydrogen-bond acceptors (Lipinski definition) is 6. The second kappa shape index (κ2) is 9.36. The van der Waals surface area contributed by atoms with Gasteiger partial charge in [-0.05, 0) is 55.5 Å². The van der Waals surface area contributed by atoms with Crippen LogP contribution in [0.1, 0.15) is 17.3 Å². The van der Waals surface area contributed by atoms with Crippen LogP contribution < -0.4 is 9.46 Å². The van der Waals surface area contributed by atoms with Crippen LogP contribution in [0.5, 0.6) is 11.6 Å². The van der Waals surface area contributed by atoms with Gasteiger partial charge in [0.05, 0.1) is 17.5 Å². The number of nitrogens with one attached hydrogen (secondary N) is 1. The van der Waals surface area contributed by atoms with E-state index in [1.54, 1.807) is 41.0 Å². The van der Waals surface area contributed by atoms with E-state index in [2.05, 4.69) is 15.0 Å². The highest BCUT2D eigenvalue weighted by Crippen LogP contribution is 2.38. The molecule has 4 rings (SSSR count). The minimum atomic E-state index is -3.95. The quantitative estimate of drug-likeness (QED) is 0.358. The highest BCUT2D eigenvalue weighted by atomic mass is 32.2. The van der Waals surface area contributed by atoms with Gasteiger partial charge in [-0.2, -0.15) is 0 Å². The van der Waals surface area contributed by atoms with E-state index < -0.39 is 15.9 Å². The van der Waals surface area contributed by atoms with Crippen molar-refractivity contribution >= 4 is 38.2 Å². The van der Waals surface area contributed by atoms with Gasteiger partial charge in [0.25, 0.3) is 15.9 Å². The summed E-state index contributed by atoms with van der Waals surface area (Å²) in [5, 5.41) is 18.9. The average molecular weight is 479 g/mol. The number of fused-ring (bicyclic) bond motifs is 1. The summed E-state index contributed by atoms with van der Waals surface area (Å²) in [5.74, 6) is -0.247. The first-order valence-corrected chi connectivity index (χ1v) is 11.9. The number of benzene rings is 3. The molecule has 1 heterocycles. The number of carbonyl (C=O) groups is 1. The second-order valence-corrected chi connectivity index (χ2v) is 8.98. The number of nitrogens with zero attached hydrogens (tertiary/aromatic N) is 3. The van der Waals surface area contributed by atoms with Crippen molar-refractivity contribution in [1.82, 2.24) is 4.57 Å². The summed E-state index contributed by atoms with van der Waals surface area (Å²) in [6.07, 6.45) is 0. The smallest absolute Gasteiger partial charge is 0.295 e. The molecule has 174 valence electrons. The van der Waals surface area contributed by atoms with Gasteiger partial charge in [0.1, 0.15) is 5.75 Å². The van der Waals surface area contributed by atoms with Crippen LogP contribution in [0.4, 0.5) is 11.4 Å². The Morgan fingerprint density at radius 2 is 1.79 bits per heavy atom. The van der Waals surface area contributed by atoms with E-state index in [4.69, 9.17) is 4.74 Å². The number of anilines is 1. The van der Waals surface area contributed by atoms with Gasteiger partial charge >= 0.3 is 0 Å². The molecule has 0 fully saturated rings. The lowest BCUT2D eigenvalue weighted by atomic mass is 10.2. The number of amides is 1. The van der Waals surface area contributed by atoms with Crippen LogP contribution in [0.15, 0.2) is 87.9 Å². The topological polar surface area (TPSA) is 122 Å². The fourth-order valence-electron chi connectivity index (χ4n) is 3.51. The van der Waals surface area contributed by atoms with Gasteiger partial charge in [-0.25, -0.2) is 8.42 Å². The second-order valence-electron chi connectivity index (χ2n) is 7.30. The molecule has 0 unspecified atom stereocenters. The molecule has 0 aliphatic rings. The summed E-state index contributed by atoms with van der Waals surface area (Å²) < 4.78 is 34.8. The molecular formula is C24H22N4O5S. The zero-order chi connectivity index (χ0) is 24.3. The van der Waals surface area contributed by atoms with Crippen LogP contribution in [0.2, 0.25) is 0 Å². The maximum absolute atomic E-state index is 12.8. The van der Waals surface area contributed by atoms with Crippen LogP contribution in [-0.4, -0.2) is 31.1 Å². The van der Waals surface area contributed by atoms with E-state index in [9.17, 15) is 18.3 Å². The molecule has 9 nitrogen and oxygen atoms in total. The lowest BCUT2D eigenvalue weighted by molar-refractivity contribution is 0.0995. The third kappa shape index (κ3) is 4.48. The van der Waals surface area contributed by atoms with Crippen LogP contribution in [-0.2, 0) is 16.6 Å². The molecule has 0 saturated heterocycles. The number of methoxy groups -OCH3 is 1. The minimum absolute atomic E-state index is 0.0417. The number of ether oxygens (including phenoxy) is 1. The summed E-state index contributed by atoms with van der Waals surface area (Å²) in [6, 6.07) is 19.1. The summed E-state index contributed by atoms with van der Waals surface area (Å²) >= 11 is 0. The van der Waals surface area contributed by atoms with Gasteiger partial charge in [0.15, 0.2) is 5.69 Å². The molecule has 1 aromatic heterocycles. The molecule has 0 saturated carbocycles. The Labute approximate surface area is 196 Å². The fourth-order valence-corrected chi connectivity index (χ4v) is 4.62. The molecule has 1 amide bonds. The Kier molecular flexibility index (Phi) is 6.33. The van der Waals surface area contributed by atoms with Crippen LogP contribution >= 0.6 is 0 Å². The van der Waals surface area contributed by atoms with E-state index in [1.165, 1.54) is 31.4 Å². The van der Waals surface area contributed by atoms with Crippen molar-refractivity contribution < 1.29 is 23.1 Å². The molecule has 0 aliphatic carbocycles. The van der Waals surface area contributed by atoms with Crippen LogP contribution in [0, 0.1) is 0 Å². The van der Waals surface area contributed by atoms with Crippen LogP contribution in [0.3, 0.4) is 0 Å².